The zero-order valence-electron chi connectivity index (χ0n) is 9.74. The van der Waals surface area contributed by atoms with Gasteiger partial charge in [-0.25, -0.2) is 9.97 Å². The Labute approximate surface area is 98.7 Å². The second kappa shape index (κ2) is 5.01. The van der Waals surface area contributed by atoms with Gasteiger partial charge in [0.15, 0.2) is 0 Å². The van der Waals surface area contributed by atoms with Gasteiger partial charge in [-0.1, -0.05) is 12.1 Å². The molecule has 0 aliphatic rings. The van der Waals surface area contributed by atoms with Gasteiger partial charge in [-0.05, 0) is 19.4 Å². The van der Waals surface area contributed by atoms with Crippen LogP contribution in [-0.4, -0.2) is 31.3 Å². The first kappa shape index (κ1) is 11.7. The molecular weight excluding hydrogens is 220 g/mol. The van der Waals surface area contributed by atoms with Crippen LogP contribution in [0, 0.1) is 0 Å². The first-order valence-corrected chi connectivity index (χ1v) is 5.50. The first-order chi connectivity index (χ1) is 8.22. The number of hydrogen-bond donors (Lipinski definition) is 1. The lowest BCUT2D eigenvalue weighted by molar-refractivity contribution is 0.141. The molecule has 2 atom stereocenters. The van der Waals surface area contributed by atoms with Crippen molar-refractivity contribution >= 4 is 0 Å². The van der Waals surface area contributed by atoms with Gasteiger partial charge in [0, 0.05) is 6.20 Å². The molecule has 2 aromatic rings. The van der Waals surface area contributed by atoms with Gasteiger partial charge in [-0.2, -0.15) is 4.98 Å². The maximum Gasteiger partial charge on any atom is 0.232 e. The molecule has 2 aromatic heterocycles. The molecule has 0 aliphatic heterocycles. The number of aromatic nitrogens is 4. The lowest BCUT2D eigenvalue weighted by Crippen LogP contribution is -2.14. The van der Waals surface area contributed by atoms with Gasteiger partial charge in [0.2, 0.25) is 11.7 Å². The van der Waals surface area contributed by atoms with Crippen LogP contribution in [0.3, 0.4) is 0 Å². The molecule has 0 aliphatic carbocycles. The summed E-state index contributed by atoms with van der Waals surface area (Å²) in [6, 6.07) is 1.71. The minimum absolute atomic E-state index is 0.141. The average molecular weight is 234 g/mol. The Morgan fingerprint density at radius 1 is 1.47 bits per heavy atom. The highest BCUT2D eigenvalue weighted by Crippen LogP contribution is 2.23. The van der Waals surface area contributed by atoms with Crippen molar-refractivity contribution in [1.82, 2.24) is 20.1 Å². The molecule has 6 nitrogen and oxygen atoms in total. The molecule has 0 saturated carbocycles. The molecule has 2 rings (SSSR count). The zero-order valence-corrected chi connectivity index (χ0v) is 9.74. The fraction of sp³-hybridized carbons (Fsp3) is 0.455. The van der Waals surface area contributed by atoms with Gasteiger partial charge in [0.05, 0.1) is 12.0 Å². The van der Waals surface area contributed by atoms with E-state index in [1.165, 1.54) is 6.33 Å². The van der Waals surface area contributed by atoms with Crippen LogP contribution >= 0.6 is 0 Å². The van der Waals surface area contributed by atoms with E-state index < -0.39 is 6.10 Å². The van der Waals surface area contributed by atoms with E-state index in [4.69, 9.17) is 4.52 Å². The zero-order chi connectivity index (χ0) is 12.3. The van der Waals surface area contributed by atoms with Crippen LogP contribution in [0.5, 0.6) is 0 Å². The fourth-order valence-electron chi connectivity index (χ4n) is 1.63. The Morgan fingerprint density at radius 2 is 2.29 bits per heavy atom. The molecular formula is C11H14N4O2. The van der Waals surface area contributed by atoms with Crippen molar-refractivity contribution in [3.63, 3.8) is 0 Å². The van der Waals surface area contributed by atoms with Gasteiger partial charge >= 0.3 is 0 Å². The molecule has 0 aromatic carbocycles. The van der Waals surface area contributed by atoms with Crippen molar-refractivity contribution in [3.05, 3.63) is 24.5 Å². The standard InChI is InChI=1S/C11H14N4O2/c1-3-8(7(2)16)11-14-10(15-17-11)9-4-5-12-6-13-9/h4-8,16H,3H2,1-2H3. The molecule has 2 heterocycles. The van der Waals surface area contributed by atoms with Crippen LogP contribution in [0.1, 0.15) is 32.1 Å². The molecule has 1 N–H and O–H groups in total. The van der Waals surface area contributed by atoms with E-state index in [9.17, 15) is 5.11 Å². The second-order valence-corrected chi connectivity index (χ2v) is 3.81. The number of rotatable bonds is 4. The summed E-state index contributed by atoms with van der Waals surface area (Å²) in [6.45, 7) is 3.68. The van der Waals surface area contributed by atoms with E-state index in [0.29, 0.717) is 17.4 Å². The third kappa shape index (κ3) is 2.47. The summed E-state index contributed by atoms with van der Waals surface area (Å²) in [5.74, 6) is 0.718. The van der Waals surface area contributed by atoms with Gasteiger partial charge in [0.1, 0.15) is 12.0 Å². The minimum Gasteiger partial charge on any atom is -0.393 e. The van der Waals surface area contributed by atoms with Gasteiger partial charge < -0.3 is 9.63 Å². The summed E-state index contributed by atoms with van der Waals surface area (Å²) < 4.78 is 5.15. The van der Waals surface area contributed by atoms with Crippen molar-refractivity contribution in [3.8, 4) is 11.5 Å². The summed E-state index contributed by atoms with van der Waals surface area (Å²) in [7, 11) is 0. The highest BCUT2D eigenvalue weighted by Gasteiger charge is 2.22. The Morgan fingerprint density at radius 3 is 2.88 bits per heavy atom. The number of nitrogens with zero attached hydrogens (tertiary/aromatic N) is 4. The van der Waals surface area contributed by atoms with Crippen molar-refractivity contribution in [1.29, 1.82) is 0 Å². The van der Waals surface area contributed by atoms with E-state index in [2.05, 4.69) is 20.1 Å². The predicted molar refractivity (Wildman–Crippen MR) is 60.0 cm³/mol. The van der Waals surface area contributed by atoms with Gasteiger partial charge in [-0.3, -0.25) is 0 Å². The van der Waals surface area contributed by atoms with E-state index >= 15 is 0 Å². The average Bonchev–Trinajstić information content (AvgIpc) is 2.80. The quantitative estimate of drug-likeness (QED) is 0.860. The largest absolute Gasteiger partial charge is 0.393 e. The topological polar surface area (TPSA) is 84.9 Å². The molecule has 17 heavy (non-hydrogen) atoms. The minimum atomic E-state index is -0.515. The molecule has 0 saturated heterocycles. The van der Waals surface area contributed by atoms with Crippen molar-refractivity contribution in [2.24, 2.45) is 0 Å². The Hall–Kier alpha value is -1.82. The molecule has 0 fully saturated rings. The third-order valence-corrected chi connectivity index (χ3v) is 2.59. The number of hydrogen-bond acceptors (Lipinski definition) is 6. The Bertz CT molecular complexity index is 469. The lowest BCUT2D eigenvalue weighted by Gasteiger charge is -2.12. The first-order valence-electron chi connectivity index (χ1n) is 5.50. The van der Waals surface area contributed by atoms with Crippen LogP contribution in [0.4, 0.5) is 0 Å². The molecule has 0 radical (unpaired) electrons. The van der Waals surface area contributed by atoms with E-state index in [-0.39, 0.29) is 5.92 Å². The van der Waals surface area contributed by atoms with Crippen LogP contribution in [0.25, 0.3) is 11.5 Å². The normalized spacial score (nSPS) is 14.5. The van der Waals surface area contributed by atoms with Gasteiger partial charge in [-0.15, -0.1) is 0 Å². The van der Waals surface area contributed by atoms with Crippen molar-refractivity contribution in [2.75, 3.05) is 0 Å². The maximum absolute atomic E-state index is 9.59. The van der Waals surface area contributed by atoms with Gasteiger partial charge in [0.25, 0.3) is 0 Å². The molecule has 2 unspecified atom stereocenters. The molecule has 0 amide bonds. The van der Waals surface area contributed by atoms with Crippen LogP contribution in [0.15, 0.2) is 23.1 Å². The van der Waals surface area contributed by atoms with Crippen molar-refractivity contribution < 1.29 is 9.63 Å². The van der Waals surface area contributed by atoms with Crippen molar-refractivity contribution in [2.45, 2.75) is 32.3 Å². The third-order valence-electron chi connectivity index (χ3n) is 2.59. The highest BCUT2D eigenvalue weighted by molar-refractivity contribution is 5.46. The highest BCUT2D eigenvalue weighted by atomic mass is 16.5. The predicted octanol–water partition coefficient (Wildman–Crippen LogP) is 1.40. The smallest absolute Gasteiger partial charge is 0.232 e. The molecule has 6 heteroatoms. The monoisotopic (exact) mass is 234 g/mol. The summed E-state index contributed by atoms with van der Waals surface area (Å²) in [4.78, 5) is 12.1. The lowest BCUT2D eigenvalue weighted by atomic mass is 10.0. The van der Waals surface area contributed by atoms with Crippen LogP contribution in [-0.2, 0) is 0 Å². The molecule has 0 spiro atoms. The second-order valence-electron chi connectivity index (χ2n) is 3.81. The van der Waals surface area contributed by atoms with Crippen LogP contribution in [0.2, 0.25) is 0 Å². The summed E-state index contributed by atoms with van der Waals surface area (Å²) in [5.41, 5.74) is 0.607. The fourth-order valence-corrected chi connectivity index (χ4v) is 1.63. The van der Waals surface area contributed by atoms with Crippen LogP contribution < -0.4 is 0 Å². The number of aliphatic hydroxyl groups is 1. The molecule has 90 valence electrons. The summed E-state index contributed by atoms with van der Waals surface area (Å²) >= 11 is 0. The van der Waals surface area contributed by atoms with E-state index in [0.717, 1.165) is 6.42 Å². The summed E-state index contributed by atoms with van der Waals surface area (Å²) in [5, 5.41) is 13.4. The van der Waals surface area contributed by atoms with E-state index in [1.54, 1.807) is 19.2 Å². The Kier molecular flexibility index (Phi) is 3.43. The van der Waals surface area contributed by atoms with E-state index in [1.807, 2.05) is 6.92 Å². The Balaban J connectivity index is 2.27. The SMILES string of the molecule is CCC(c1nc(-c2ccncn2)no1)C(C)O. The maximum atomic E-state index is 9.59. The molecule has 0 bridgehead atoms. The summed E-state index contributed by atoms with van der Waals surface area (Å²) in [6.07, 6.45) is 3.27. The number of aliphatic hydroxyl groups excluding tert-OH is 1.